The minimum Gasteiger partial charge on any atom is -0.451 e. The third-order valence-electron chi connectivity index (χ3n) is 6.07. The molecule has 0 aliphatic carbocycles. The Balaban J connectivity index is 1.26. The number of benzene rings is 1. The minimum absolute atomic E-state index is 0.107. The molecule has 2 aromatic rings. The fraction of sp³-hybridized carbons (Fsp3) is 0.476. The summed E-state index contributed by atoms with van der Waals surface area (Å²) in [7, 11) is 0. The molecule has 3 aliphatic rings. The maximum atomic E-state index is 12.5. The molecule has 1 amide bonds. The van der Waals surface area contributed by atoms with E-state index in [1.165, 1.54) is 24.9 Å². The van der Waals surface area contributed by atoms with Crippen molar-refractivity contribution in [3.05, 3.63) is 42.2 Å². The normalized spacial score (nSPS) is 27.2. The van der Waals surface area contributed by atoms with Gasteiger partial charge in [-0.05, 0) is 68.5 Å². The zero-order valence-corrected chi connectivity index (χ0v) is 14.9. The van der Waals surface area contributed by atoms with E-state index in [2.05, 4.69) is 39.8 Å². The summed E-state index contributed by atoms with van der Waals surface area (Å²) in [5.74, 6) is 1.03. The van der Waals surface area contributed by atoms with Gasteiger partial charge >= 0.3 is 0 Å². The van der Waals surface area contributed by atoms with Crippen LogP contribution in [0.2, 0.25) is 0 Å². The Hall–Kier alpha value is -2.27. The van der Waals surface area contributed by atoms with Gasteiger partial charge in [0.2, 0.25) is 0 Å². The Morgan fingerprint density at radius 2 is 1.88 bits per heavy atom. The topological polar surface area (TPSA) is 57.5 Å². The lowest BCUT2D eigenvalue weighted by atomic mass is 9.95. The van der Waals surface area contributed by atoms with Crippen molar-refractivity contribution in [1.82, 2.24) is 10.6 Å². The molecule has 3 fully saturated rings. The maximum Gasteiger partial charge on any atom is 0.287 e. The Morgan fingerprint density at radius 3 is 2.58 bits per heavy atom. The summed E-state index contributed by atoms with van der Waals surface area (Å²) in [6.45, 7) is 2.28. The Labute approximate surface area is 153 Å². The van der Waals surface area contributed by atoms with Crippen molar-refractivity contribution in [2.24, 2.45) is 0 Å². The van der Waals surface area contributed by atoms with Gasteiger partial charge in [-0.2, -0.15) is 0 Å². The van der Waals surface area contributed by atoms with Gasteiger partial charge in [0.25, 0.3) is 5.91 Å². The van der Waals surface area contributed by atoms with Crippen molar-refractivity contribution < 1.29 is 9.21 Å². The number of hydrogen-bond acceptors (Lipinski definition) is 4. The van der Waals surface area contributed by atoms with Crippen molar-refractivity contribution in [2.75, 3.05) is 18.0 Å². The lowest BCUT2D eigenvalue weighted by Crippen LogP contribution is -2.42. The molecule has 1 aromatic heterocycles. The average molecular weight is 351 g/mol. The summed E-state index contributed by atoms with van der Waals surface area (Å²) in [5.41, 5.74) is 2.27. The van der Waals surface area contributed by atoms with Crippen molar-refractivity contribution in [3.8, 4) is 11.3 Å². The van der Waals surface area contributed by atoms with Crippen molar-refractivity contribution in [2.45, 2.75) is 50.2 Å². The minimum atomic E-state index is -0.107. The van der Waals surface area contributed by atoms with Crippen LogP contribution in [0.4, 0.5) is 5.69 Å². The van der Waals surface area contributed by atoms with Gasteiger partial charge in [-0.15, -0.1) is 0 Å². The molecular weight excluding hydrogens is 326 g/mol. The lowest BCUT2D eigenvalue weighted by molar-refractivity contribution is 0.0903. The first-order valence-electron chi connectivity index (χ1n) is 9.78. The van der Waals surface area contributed by atoms with Gasteiger partial charge in [0, 0.05) is 42.5 Å². The van der Waals surface area contributed by atoms with E-state index in [4.69, 9.17) is 4.42 Å². The fourth-order valence-corrected chi connectivity index (χ4v) is 4.65. The van der Waals surface area contributed by atoms with Crippen molar-refractivity contribution in [1.29, 1.82) is 0 Å². The molecular formula is C21H25N3O2. The van der Waals surface area contributed by atoms with Gasteiger partial charge in [0.1, 0.15) is 5.76 Å². The van der Waals surface area contributed by atoms with Crippen LogP contribution in [0.1, 0.15) is 42.7 Å². The maximum absolute atomic E-state index is 12.5. The fourth-order valence-electron chi connectivity index (χ4n) is 4.65. The third-order valence-corrected chi connectivity index (χ3v) is 6.07. The Morgan fingerprint density at radius 1 is 1.08 bits per heavy atom. The summed E-state index contributed by atoms with van der Waals surface area (Å²) < 4.78 is 5.84. The highest BCUT2D eigenvalue weighted by molar-refractivity contribution is 5.92. The van der Waals surface area contributed by atoms with Crippen molar-refractivity contribution >= 4 is 11.6 Å². The molecule has 5 rings (SSSR count). The standard InChI is InChI=1S/C21H25N3O2/c25-21(23-18-13-15-5-8-17(18)22-15)20-10-9-19(26-20)14-3-6-16(7-4-14)24-11-1-2-12-24/h3-4,6-7,9-10,15,17-18,22H,1-2,5,8,11-13H2,(H,23,25)/t15-,17+,18-/m1/s1. The Kier molecular flexibility index (Phi) is 3.97. The molecule has 3 atom stereocenters. The first-order valence-corrected chi connectivity index (χ1v) is 9.78. The molecule has 0 radical (unpaired) electrons. The predicted molar refractivity (Wildman–Crippen MR) is 101 cm³/mol. The molecule has 5 heteroatoms. The highest BCUT2D eigenvalue weighted by Gasteiger charge is 2.39. The highest BCUT2D eigenvalue weighted by atomic mass is 16.3. The number of hydrogen-bond donors (Lipinski definition) is 2. The molecule has 5 nitrogen and oxygen atoms in total. The van der Waals surface area contributed by atoms with Crippen LogP contribution in [-0.2, 0) is 0 Å². The van der Waals surface area contributed by atoms with E-state index in [0.717, 1.165) is 37.3 Å². The van der Waals surface area contributed by atoms with Gasteiger partial charge in [-0.3, -0.25) is 4.79 Å². The number of furan rings is 1. The average Bonchev–Trinajstić information content (AvgIpc) is 3.46. The van der Waals surface area contributed by atoms with E-state index in [-0.39, 0.29) is 11.9 Å². The number of amides is 1. The molecule has 2 bridgehead atoms. The van der Waals surface area contributed by atoms with E-state index < -0.39 is 0 Å². The lowest BCUT2D eigenvalue weighted by Gasteiger charge is -2.20. The number of fused-ring (bicyclic) bond motifs is 2. The van der Waals surface area contributed by atoms with Crippen LogP contribution >= 0.6 is 0 Å². The first kappa shape index (κ1) is 15.9. The molecule has 136 valence electrons. The second-order valence-electron chi connectivity index (χ2n) is 7.77. The number of anilines is 1. The van der Waals surface area contributed by atoms with Gasteiger partial charge in [-0.1, -0.05) is 0 Å². The third kappa shape index (κ3) is 2.90. The first-order chi connectivity index (χ1) is 12.8. The van der Waals surface area contributed by atoms with E-state index in [1.807, 2.05) is 6.07 Å². The molecule has 4 heterocycles. The van der Waals surface area contributed by atoms with Gasteiger partial charge in [-0.25, -0.2) is 0 Å². The van der Waals surface area contributed by atoms with Crippen LogP contribution < -0.4 is 15.5 Å². The molecule has 0 unspecified atom stereocenters. The number of nitrogens with one attached hydrogen (secondary N) is 2. The number of rotatable bonds is 4. The predicted octanol–water partition coefficient (Wildman–Crippen LogP) is 3.17. The van der Waals surface area contributed by atoms with Crippen LogP contribution in [0.3, 0.4) is 0 Å². The number of carbonyl (C=O) groups is 1. The van der Waals surface area contributed by atoms with Crippen LogP contribution in [0.25, 0.3) is 11.3 Å². The SMILES string of the molecule is O=C(N[C@@H]1C[C@H]2CC[C@@H]1N2)c1ccc(-c2ccc(N3CCCC3)cc2)o1. The van der Waals surface area contributed by atoms with Gasteiger partial charge in [0.05, 0.1) is 0 Å². The zero-order valence-electron chi connectivity index (χ0n) is 14.9. The van der Waals surface area contributed by atoms with E-state index >= 15 is 0 Å². The summed E-state index contributed by atoms with van der Waals surface area (Å²) in [6, 6.07) is 13.3. The number of nitrogens with zero attached hydrogens (tertiary/aromatic N) is 1. The van der Waals surface area contributed by atoms with Gasteiger partial charge in [0.15, 0.2) is 5.76 Å². The summed E-state index contributed by atoms with van der Waals surface area (Å²) in [6.07, 6.45) is 5.97. The summed E-state index contributed by atoms with van der Waals surface area (Å²) in [5, 5.41) is 6.68. The zero-order chi connectivity index (χ0) is 17.5. The highest BCUT2D eigenvalue weighted by Crippen LogP contribution is 2.29. The van der Waals surface area contributed by atoms with E-state index in [0.29, 0.717) is 17.8 Å². The van der Waals surface area contributed by atoms with Gasteiger partial charge < -0.3 is 20.0 Å². The molecule has 1 aromatic carbocycles. The summed E-state index contributed by atoms with van der Waals surface area (Å²) >= 11 is 0. The van der Waals surface area contributed by atoms with Crippen molar-refractivity contribution in [3.63, 3.8) is 0 Å². The largest absolute Gasteiger partial charge is 0.451 e. The molecule has 26 heavy (non-hydrogen) atoms. The Bertz CT molecular complexity index is 792. The smallest absolute Gasteiger partial charge is 0.287 e. The summed E-state index contributed by atoms with van der Waals surface area (Å²) in [4.78, 5) is 14.9. The van der Waals surface area contributed by atoms with Crippen LogP contribution in [0.5, 0.6) is 0 Å². The van der Waals surface area contributed by atoms with Crippen LogP contribution in [0, 0.1) is 0 Å². The second kappa shape index (κ2) is 6.47. The van der Waals surface area contributed by atoms with Crippen LogP contribution in [0.15, 0.2) is 40.8 Å². The number of carbonyl (C=O) groups excluding carboxylic acids is 1. The monoisotopic (exact) mass is 351 g/mol. The molecule has 2 N–H and O–H groups in total. The van der Waals surface area contributed by atoms with E-state index in [1.54, 1.807) is 6.07 Å². The van der Waals surface area contributed by atoms with Crippen LogP contribution in [-0.4, -0.2) is 37.1 Å². The molecule has 0 saturated carbocycles. The molecule has 3 aliphatic heterocycles. The second-order valence-corrected chi connectivity index (χ2v) is 7.77. The molecule has 0 spiro atoms. The quantitative estimate of drug-likeness (QED) is 0.888. The van der Waals surface area contributed by atoms with E-state index in [9.17, 15) is 4.79 Å². The molecule has 3 saturated heterocycles.